The van der Waals surface area contributed by atoms with Gasteiger partial charge in [-0.3, -0.25) is 0 Å². The molecule has 16 heteroatoms. The van der Waals surface area contributed by atoms with Crippen LogP contribution in [0.25, 0.3) is 21.7 Å². The Hall–Kier alpha value is -3.29. The predicted molar refractivity (Wildman–Crippen MR) is 130 cm³/mol. The summed E-state index contributed by atoms with van der Waals surface area (Å²) < 4.78 is 38.6. The van der Waals surface area contributed by atoms with E-state index in [4.69, 9.17) is 32.8 Å². The van der Waals surface area contributed by atoms with Crippen LogP contribution in [0.1, 0.15) is 0 Å². The molecule has 41 heavy (non-hydrogen) atoms. The molecule has 2 fully saturated rings. The molecule has 3 aliphatic heterocycles. The van der Waals surface area contributed by atoms with Gasteiger partial charge in [0.25, 0.3) is 0 Å². The number of hydrogen-bond donors (Lipinski definition) is 8. The van der Waals surface area contributed by atoms with Gasteiger partial charge in [-0.05, 0) is 12.1 Å². The molecule has 3 aliphatic rings. The quantitative estimate of drug-likeness (QED) is 0.110. The Balaban J connectivity index is 1.49. The molecule has 3 aromatic rings. The molecule has 0 saturated carbocycles. The van der Waals surface area contributed by atoms with E-state index in [-0.39, 0.29) is 45.8 Å². The smallest absolute Gasteiger partial charge is 0.344 e. The van der Waals surface area contributed by atoms with Crippen molar-refractivity contribution in [3.05, 3.63) is 34.7 Å². The summed E-state index contributed by atoms with van der Waals surface area (Å²) in [6.45, 7) is -0.857. The minimum Gasteiger partial charge on any atom is -0.462 e. The number of rotatable bonds is 5. The Morgan fingerprint density at radius 1 is 0.780 bits per heavy atom. The Morgan fingerprint density at radius 2 is 1.49 bits per heavy atom. The molecular weight excluding hydrogens is 556 g/mol. The van der Waals surface area contributed by atoms with E-state index in [9.17, 15) is 45.6 Å². The van der Waals surface area contributed by atoms with E-state index >= 15 is 0 Å². The number of benzene rings is 2. The van der Waals surface area contributed by atoms with Gasteiger partial charge in [0.05, 0.1) is 17.4 Å². The van der Waals surface area contributed by atoms with Crippen LogP contribution in [-0.4, -0.2) is 116 Å². The highest BCUT2D eigenvalue weighted by molar-refractivity contribution is 6.12. The molecule has 0 amide bonds. The summed E-state index contributed by atoms with van der Waals surface area (Å²) >= 11 is 0. The van der Waals surface area contributed by atoms with E-state index < -0.39 is 73.8 Å². The molecule has 0 spiro atoms. The van der Waals surface area contributed by atoms with Crippen LogP contribution >= 0.6 is 0 Å². The molecule has 222 valence electrons. The minimum absolute atomic E-state index is 0.0646. The molecule has 1 aromatic heterocycles. The number of aliphatic hydroxyl groups excluding tert-OH is 8. The lowest BCUT2D eigenvalue weighted by molar-refractivity contribution is -0.321. The van der Waals surface area contributed by atoms with Crippen molar-refractivity contribution in [2.24, 2.45) is 0 Å². The predicted octanol–water partition coefficient (Wildman–Crippen LogP) is -3.01. The molecule has 6 rings (SSSR count). The highest BCUT2D eigenvalue weighted by Gasteiger charge is 2.46. The molecule has 2 aromatic carbocycles. The largest absolute Gasteiger partial charge is 0.462 e. The Morgan fingerprint density at radius 3 is 2.22 bits per heavy atom. The standard InChI is InChI=1S/C25H26O16/c26-5-12-15(27)16(28)19(31)24(40-12)37-7-3-10-14(11(4-7)39-25-20(32)17(29)18(30)23(34)41-25)13-8(22(33)38-10)1-2-9-21(13)36-6-35-9/h1-4,12,15-20,23-32,34H,5-6H2/t12-,15-,16+,17+,18+,19-,20-,23+,24-,25-/m1/s1. The summed E-state index contributed by atoms with van der Waals surface area (Å²) in [6.07, 6.45) is -17.3. The molecule has 4 heterocycles. The van der Waals surface area contributed by atoms with Crippen molar-refractivity contribution in [2.75, 3.05) is 13.4 Å². The fraction of sp³-hybridized carbons (Fsp3) is 0.480. The SMILES string of the molecule is O=c1oc2cc(O[C@@H]3O[C@H](CO)[C@@H](O)[C@H](O)[C@H]3O)cc(O[C@@H]3O[C@H](O)[C@@H](O)[C@H](O)[C@H]3O)c2c2c3c(ccc12)OCO3. The van der Waals surface area contributed by atoms with Gasteiger partial charge in [-0.1, -0.05) is 0 Å². The molecule has 0 unspecified atom stereocenters. The zero-order valence-corrected chi connectivity index (χ0v) is 20.8. The second-order valence-corrected chi connectivity index (χ2v) is 9.71. The van der Waals surface area contributed by atoms with Gasteiger partial charge < -0.3 is 73.7 Å². The third-order valence-corrected chi connectivity index (χ3v) is 7.14. The first-order chi connectivity index (χ1) is 19.6. The van der Waals surface area contributed by atoms with Crippen LogP contribution in [0.5, 0.6) is 23.0 Å². The average molecular weight is 582 g/mol. The van der Waals surface area contributed by atoms with E-state index in [0.29, 0.717) is 5.75 Å². The van der Waals surface area contributed by atoms with E-state index in [1.54, 1.807) is 0 Å². The van der Waals surface area contributed by atoms with E-state index in [2.05, 4.69) is 0 Å². The minimum atomic E-state index is -1.94. The molecular formula is C25H26O16. The van der Waals surface area contributed by atoms with Gasteiger partial charge in [-0.2, -0.15) is 0 Å². The maximum absolute atomic E-state index is 12.9. The van der Waals surface area contributed by atoms with Crippen molar-refractivity contribution in [2.45, 2.75) is 61.6 Å². The van der Waals surface area contributed by atoms with Crippen LogP contribution in [0.3, 0.4) is 0 Å². The van der Waals surface area contributed by atoms with Gasteiger partial charge >= 0.3 is 5.63 Å². The van der Waals surface area contributed by atoms with Crippen molar-refractivity contribution in [1.82, 2.24) is 0 Å². The summed E-state index contributed by atoms with van der Waals surface area (Å²) in [7, 11) is 0. The van der Waals surface area contributed by atoms with Gasteiger partial charge in [-0.15, -0.1) is 0 Å². The van der Waals surface area contributed by atoms with E-state index in [1.165, 1.54) is 24.3 Å². The van der Waals surface area contributed by atoms with Crippen molar-refractivity contribution >= 4 is 21.7 Å². The zero-order chi connectivity index (χ0) is 29.2. The number of hydrogen-bond acceptors (Lipinski definition) is 16. The van der Waals surface area contributed by atoms with Gasteiger partial charge in [0.2, 0.25) is 19.4 Å². The third kappa shape index (κ3) is 4.63. The lowest BCUT2D eigenvalue weighted by Crippen LogP contribution is -2.60. The third-order valence-electron chi connectivity index (χ3n) is 7.14. The first-order valence-electron chi connectivity index (χ1n) is 12.4. The van der Waals surface area contributed by atoms with E-state index in [0.717, 1.165) is 0 Å². The van der Waals surface area contributed by atoms with Gasteiger partial charge in [0.15, 0.2) is 17.8 Å². The van der Waals surface area contributed by atoms with Gasteiger partial charge in [0.1, 0.15) is 59.8 Å². The highest BCUT2D eigenvalue weighted by atomic mass is 16.7. The Bertz CT molecular complexity index is 1500. The zero-order valence-electron chi connectivity index (χ0n) is 20.8. The molecule has 0 bridgehead atoms. The fourth-order valence-corrected chi connectivity index (χ4v) is 4.95. The lowest BCUT2D eigenvalue weighted by Gasteiger charge is -2.39. The summed E-state index contributed by atoms with van der Waals surface area (Å²) in [5, 5.41) is 81.0. The Kier molecular flexibility index (Phi) is 7.15. The second-order valence-electron chi connectivity index (χ2n) is 9.71. The molecule has 2 saturated heterocycles. The van der Waals surface area contributed by atoms with Crippen LogP contribution in [0.2, 0.25) is 0 Å². The average Bonchev–Trinajstić information content (AvgIpc) is 3.44. The van der Waals surface area contributed by atoms with Crippen LogP contribution in [0.15, 0.2) is 33.5 Å². The van der Waals surface area contributed by atoms with Gasteiger partial charge in [-0.25, -0.2) is 4.79 Å². The Labute approximate surface area is 228 Å². The van der Waals surface area contributed by atoms with Crippen molar-refractivity contribution in [3.63, 3.8) is 0 Å². The highest BCUT2D eigenvalue weighted by Crippen LogP contribution is 2.46. The van der Waals surface area contributed by atoms with E-state index in [1.807, 2.05) is 0 Å². The van der Waals surface area contributed by atoms with Crippen molar-refractivity contribution in [1.29, 1.82) is 0 Å². The van der Waals surface area contributed by atoms with Crippen LogP contribution in [-0.2, 0) is 9.47 Å². The molecule has 8 N–H and O–H groups in total. The van der Waals surface area contributed by atoms with Crippen molar-refractivity contribution < 1.29 is 73.7 Å². The van der Waals surface area contributed by atoms with Crippen LogP contribution in [0.4, 0.5) is 0 Å². The normalized spacial score (nSPS) is 35.1. The fourth-order valence-electron chi connectivity index (χ4n) is 4.95. The van der Waals surface area contributed by atoms with Crippen molar-refractivity contribution in [3.8, 4) is 23.0 Å². The monoisotopic (exact) mass is 582 g/mol. The van der Waals surface area contributed by atoms with Crippen LogP contribution in [0, 0.1) is 0 Å². The number of aliphatic hydroxyl groups is 8. The maximum atomic E-state index is 12.9. The molecule has 10 atom stereocenters. The second kappa shape index (κ2) is 10.5. The topological polar surface area (TPSA) is 247 Å². The number of fused-ring (bicyclic) bond motifs is 5. The first-order valence-corrected chi connectivity index (χ1v) is 12.4. The number of ether oxygens (including phenoxy) is 6. The first kappa shape index (κ1) is 27.9. The lowest BCUT2D eigenvalue weighted by atomic mass is 9.99. The maximum Gasteiger partial charge on any atom is 0.344 e. The summed E-state index contributed by atoms with van der Waals surface area (Å²) in [6, 6.07) is 5.38. The summed E-state index contributed by atoms with van der Waals surface area (Å²) in [4.78, 5) is 12.9. The van der Waals surface area contributed by atoms with Crippen LogP contribution < -0.4 is 24.6 Å². The molecule has 16 nitrogen and oxygen atoms in total. The molecule has 0 aliphatic carbocycles. The van der Waals surface area contributed by atoms with Gasteiger partial charge in [0, 0.05) is 17.5 Å². The molecule has 0 radical (unpaired) electrons. The summed E-state index contributed by atoms with van der Waals surface area (Å²) in [5.41, 5.74) is -0.945. The summed E-state index contributed by atoms with van der Waals surface area (Å²) in [5.74, 6) is 0.0865.